The average Bonchev–Trinajstić information content (AvgIpc) is 3.63. The first-order chi connectivity index (χ1) is 14.7. The number of imide groups is 1. The number of aromatic nitrogens is 1. The first-order valence-corrected chi connectivity index (χ1v) is 12.9. The van der Waals surface area contributed by atoms with Crippen LogP contribution in [0.25, 0.3) is 0 Å². The van der Waals surface area contributed by atoms with Gasteiger partial charge in [-0.15, -0.1) is 11.3 Å². The average molecular weight is 462 g/mol. The maximum absolute atomic E-state index is 13.3. The normalized spacial score (nSPS) is 25.0. The van der Waals surface area contributed by atoms with Crippen LogP contribution in [0, 0.1) is 12.8 Å². The molecule has 5 rings (SSSR count). The van der Waals surface area contributed by atoms with Crippen LogP contribution in [0.3, 0.4) is 0 Å². The van der Waals surface area contributed by atoms with Crippen LogP contribution in [-0.4, -0.2) is 57.9 Å². The van der Waals surface area contributed by atoms with E-state index in [4.69, 9.17) is 0 Å². The minimum Gasteiger partial charge on any atom is -0.250 e. The number of allylic oxidation sites excluding steroid dienone is 1. The van der Waals surface area contributed by atoms with Crippen molar-refractivity contribution in [2.75, 3.05) is 6.54 Å². The van der Waals surface area contributed by atoms with Gasteiger partial charge in [-0.05, 0) is 57.6 Å². The van der Waals surface area contributed by atoms with Gasteiger partial charge in [-0.25, -0.2) is 22.9 Å². The summed E-state index contributed by atoms with van der Waals surface area (Å²) in [5.41, 5.74) is 0.388. The number of nitrogens with zero attached hydrogens (tertiary/aromatic N) is 3. The topological polar surface area (TPSA) is 99.5 Å². The van der Waals surface area contributed by atoms with Crippen molar-refractivity contribution in [3.05, 3.63) is 39.9 Å². The maximum atomic E-state index is 13.3. The fourth-order valence-corrected chi connectivity index (χ4v) is 6.29. The molecule has 164 valence electrons. The molecular formula is C21H25N4O4S2+. The van der Waals surface area contributed by atoms with Crippen molar-refractivity contribution >= 4 is 39.0 Å². The number of aryl methyl sites for hydroxylation is 1. The van der Waals surface area contributed by atoms with E-state index in [1.807, 2.05) is 13.8 Å². The molecule has 3 amide bonds. The van der Waals surface area contributed by atoms with Crippen LogP contribution in [0.15, 0.2) is 30.0 Å². The molecule has 1 aromatic heterocycles. The molecular weight excluding hydrogens is 436 g/mol. The number of carbonyl (C=O) groups is 2. The van der Waals surface area contributed by atoms with Gasteiger partial charge < -0.3 is 0 Å². The molecule has 10 heteroatoms. The van der Waals surface area contributed by atoms with Crippen LogP contribution in [0.2, 0.25) is 0 Å². The van der Waals surface area contributed by atoms with Crippen molar-refractivity contribution in [1.82, 2.24) is 14.6 Å². The van der Waals surface area contributed by atoms with Crippen molar-refractivity contribution in [3.63, 3.8) is 0 Å². The van der Waals surface area contributed by atoms with Gasteiger partial charge in [-0.1, -0.05) is 6.08 Å². The summed E-state index contributed by atoms with van der Waals surface area (Å²) in [7, 11) is -3.68. The van der Waals surface area contributed by atoms with Gasteiger partial charge in [-0.2, -0.15) is 14.3 Å². The van der Waals surface area contributed by atoms with Crippen molar-refractivity contribution < 1.29 is 22.6 Å². The summed E-state index contributed by atoms with van der Waals surface area (Å²) >= 11 is 1.44. The highest BCUT2D eigenvalue weighted by molar-refractivity contribution is 7.90. The minimum absolute atomic E-state index is 0.131. The summed E-state index contributed by atoms with van der Waals surface area (Å²) in [6, 6.07) is -0.357. The molecule has 1 atom stereocenters. The van der Waals surface area contributed by atoms with Gasteiger partial charge in [0.25, 0.3) is 0 Å². The van der Waals surface area contributed by atoms with Crippen LogP contribution in [0.5, 0.6) is 0 Å². The largest absolute Gasteiger partial charge is 0.501 e. The van der Waals surface area contributed by atoms with Crippen LogP contribution in [0.4, 0.5) is 4.79 Å². The van der Waals surface area contributed by atoms with Crippen LogP contribution in [0.1, 0.15) is 42.5 Å². The zero-order chi connectivity index (χ0) is 22.0. The summed E-state index contributed by atoms with van der Waals surface area (Å²) in [6.45, 7) is 4.42. The van der Waals surface area contributed by atoms with Gasteiger partial charge in [0.2, 0.25) is 10.0 Å². The predicted molar refractivity (Wildman–Crippen MR) is 116 cm³/mol. The Morgan fingerprint density at radius 2 is 2.06 bits per heavy atom. The van der Waals surface area contributed by atoms with E-state index in [1.54, 1.807) is 22.9 Å². The van der Waals surface area contributed by atoms with E-state index in [9.17, 15) is 18.0 Å². The summed E-state index contributed by atoms with van der Waals surface area (Å²) in [4.78, 5) is 32.8. The third-order valence-electron chi connectivity index (χ3n) is 6.15. The van der Waals surface area contributed by atoms with E-state index < -0.39 is 26.7 Å². The lowest BCUT2D eigenvalue weighted by Crippen LogP contribution is -2.52. The highest BCUT2D eigenvalue weighted by Crippen LogP contribution is 2.36. The Bertz CT molecular complexity index is 1170. The number of nitrogens with one attached hydrogen (secondary N) is 1. The predicted octanol–water partition coefficient (Wildman–Crippen LogP) is 2.11. The van der Waals surface area contributed by atoms with Crippen molar-refractivity contribution in [2.24, 2.45) is 5.92 Å². The summed E-state index contributed by atoms with van der Waals surface area (Å²) in [6.07, 6.45) is 10.1. The van der Waals surface area contributed by atoms with E-state index >= 15 is 0 Å². The molecule has 1 aliphatic heterocycles. The molecule has 2 fully saturated rings. The molecule has 1 N–H and O–H groups in total. The molecule has 3 aliphatic carbocycles. The quantitative estimate of drug-likeness (QED) is 0.627. The third-order valence-corrected chi connectivity index (χ3v) is 8.83. The van der Waals surface area contributed by atoms with Gasteiger partial charge in [-0.3, -0.25) is 0 Å². The number of thiazole rings is 1. The van der Waals surface area contributed by atoms with Crippen molar-refractivity contribution in [2.45, 2.75) is 56.9 Å². The third kappa shape index (κ3) is 4.04. The second-order valence-electron chi connectivity index (χ2n) is 9.07. The molecule has 0 aromatic carbocycles. The lowest BCUT2D eigenvalue weighted by atomic mass is 9.99. The highest BCUT2D eigenvalue weighted by atomic mass is 32.2. The Hall–Kier alpha value is -2.17. The molecule has 0 bridgehead atoms. The maximum Gasteiger partial charge on any atom is 0.501 e. The fourth-order valence-electron chi connectivity index (χ4n) is 3.88. The number of fused-ring (bicyclic) bond motifs is 1. The van der Waals surface area contributed by atoms with Gasteiger partial charge >= 0.3 is 11.9 Å². The number of sulfonamides is 1. The lowest BCUT2D eigenvalue weighted by molar-refractivity contribution is -0.440. The number of rotatable bonds is 7. The van der Waals surface area contributed by atoms with E-state index in [0.29, 0.717) is 18.2 Å². The summed E-state index contributed by atoms with van der Waals surface area (Å²) < 4.78 is 30.2. The second kappa shape index (κ2) is 7.18. The Labute approximate surface area is 185 Å². The molecule has 0 saturated heterocycles. The fraction of sp³-hybridized carbons (Fsp3) is 0.524. The minimum atomic E-state index is -3.68. The van der Waals surface area contributed by atoms with Crippen molar-refractivity contribution in [1.29, 1.82) is 0 Å². The molecule has 2 heterocycles. The first-order valence-electron chi connectivity index (χ1n) is 10.5. The van der Waals surface area contributed by atoms with E-state index in [0.717, 1.165) is 35.6 Å². The molecule has 2 saturated carbocycles. The number of amides is 3. The SMILES string of the molecule is Cc1ncc(CN2C(=O)C3=CC(S(=O)(=O)NC4(C)CC4)C=CC3=[N+](CC3CC3)C2=O)s1. The van der Waals surface area contributed by atoms with Gasteiger partial charge in [0.1, 0.15) is 23.1 Å². The van der Waals surface area contributed by atoms with Crippen LogP contribution < -0.4 is 4.72 Å². The zero-order valence-corrected chi connectivity index (χ0v) is 19.1. The highest BCUT2D eigenvalue weighted by Gasteiger charge is 2.48. The molecule has 31 heavy (non-hydrogen) atoms. The van der Waals surface area contributed by atoms with E-state index in [1.165, 1.54) is 22.3 Å². The van der Waals surface area contributed by atoms with E-state index in [-0.39, 0.29) is 18.1 Å². The van der Waals surface area contributed by atoms with Crippen LogP contribution in [-0.2, 0) is 21.4 Å². The standard InChI is InChI=1S/C21H25N4O4S2/c1-13-22-10-15(30-13)12-25-19(26)17-9-16(31(28,29)23-21(2)7-8-21)5-6-18(17)24(20(25)27)11-14-3-4-14/h5-6,9-10,14,16,23H,3-4,7-8,11-12H2,1-2H3/q+1. The summed E-state index contributed by atoms with van der Waals surface area (Å²) in [5, 5.41) is -0.0873. The van der Waals surface area contributed by atoms with Gasteiger partial charge in [0, 0.05) is 11.7 Å². The smallest absolute Gasteiger partial charge is 0.250 e. The number of hydrogen-bond acceptors (Lipinski definition) is 6. The Morgan fingerprint density at radius 1 is 1.32 bits per heavy atom. The second-order valence-corrected chi connectivity index (χ2v) is 12.2. The van der Waals surface area contributed by atoms with Crippen molar-refractivity contribution in [3.8, 4) is 0 Å². The van der Waals surface area contributed by atoms with Gasteiger partial charge in [0.15, 0.2) is 0 Å². The monoisotopic (exact) mass is 461 g/mol. The molecule has 0 radical (unpaired) electrons. The van der Waals surface area contributed by atoms with E-state index in [2.05, 4.69) is 9.71 Å². The summed E-state index contributed by atoms with van der Waals surface area (Å²) in [5.74, 6) is -0.0370. The molecule has 0 spiro atoms. The molecule has 8 nitrogen and oxygen atoms in total. The van der Waals surface area contributed by atoms with Gasteiger partial charge in [0.05, 0.1) is 16.4 Å². The zero-order valence-electron chi connectivity index (χ0n) is 17.5. The Kier molecular flexibility index (Phi) is 4.80. The number of carbonyl (C=O) groups excluding carboxylic acids is 2. The number of hydrogen-bond donors (Lipinski definition) is 1. The first kappa shape index (κ1) is 20.7. The number of urea groups is 1. The Morgan fingerprint density at radius 3 is 2.68 bits per heavy atom. The Balaban J connectivity index is 1.51. The van der Waals surface area contributed by atoms with Crippen LogP contribution >= 0.6 is 11.3 Å². The molecule has 1 aromatic rings. The lowest BCUT2D eigenvalue weighted by Gasteiger charge is -2.26. The molecule has 1 unspecified atom stereocenters. The molecule has 4 aliphatic rings.